The van der Waals surface area contributed by atoms with Gasteiger partial charge in [-0.05, 0) is 48.9 Å². The Labute approximate surface area is 147 Å². The number of rotatable bonds is 3. The Balaban J connectivity index is 1.85. The van der Waals surface area contributed by atoms with Crippen molar-refractivity contribution in [1.82, 2.24) is 9.97 Å². The minimum absolute atomic E-state index is 0.209. The molecule has 0 bridgehead atoms. The van der Waals surface area contributed by atoms with Crippen molar-refractivity contribution in [3.05, 3.63) is 75.7 Å². The van der Waals surface area contributed by atoms with Crippen molar-refractivity contribution in [1.29, 1.82) is 0 Å². The van der Waals surface area contributed by atoms with E-state index in [0.717, 1.165) is 21.8 Å². The van der Waals surface area contributed by atoms with Crippen molar-refractivity contribution in [2.75, 3.05) is 0 Å². The van der Waals surface area contributed by atoms with Gasteiger partial charge in [0.25, 0.3) is 5.56 Å². The second-order valence-corrected chi connectivity index (χ2v) is 6.05. The predicted molar refractivity (Wildman–Crippen MR) is 102 cm³/mol. The minimum Gasteiger partial charge on any atom is -0.478 e. The number of hydrogen-bond acceptors (Lipinski definition) is 3. The van der Waals surface area contributed by atoms with Crippen LogP contribution in [0.15, 0.2) is 58.4 Å². The number of benzene rings is 2. The molecule has 0 amide bonds. The molecule has 0 fully saturated rings. The Bertz CT molecular complexity index is 1250. The van der Waals surface area contributed by atoms with Gasteiger partial charge in [0.2, 0.25) is 0 Å². The van der Waals surface area contributed by atoms with Crippen LogP contribution < -0.4 is 5.56 Å². The van der Waals surface area contributed by atoms with Gasteiger partial charge >= 0.3 is 5.97 Å². The Hall–Kier alpha value is -3.67. The molecule has 0 unspecified atom stereocenters. The number of carboxylic acids is 1. The van der Waals surface area contributed by atoms with E-state index in [1.54, 1.807) is 19.1 Å². The molecule has 4 aromatic rings. The predicted octanol–water partition coefficient (Wildman–Crippen LogP) is 3.77. The summed E-state index contributed by atoms with van der Waals surface area (Å²) >= 11 is 0. The first-order chi connectivity index (χ1) is 12.5. The quantitative estimate of drug-likeness (QED) is 0.493. The van der Waals surface area contributed by atoms with E-state index in [1.807, 2.05) is 30.5 Å². The Morgan fingerprint density at radius 1 is 1.15 bits per heavy atom. The third-order valence-corrected chi connectivity index (χ3v) is 4.39. The second-order valence-electron chi connectivity index (χ2n) is 6.05. The Morgan fingerprint density at radius 3 is 2.73 bits per heavy atom. The van der Waals surface area contributed by atoms with Crippen molar-refractivity contribution >= 4 is 39.7 Å². The molecular formula is C20H15N3O3. The van der Waals surface area contributed by atoms with Crippen molar-refractivity contribution in [2.24, 2.45) is 4.99 Å². The van der Waals surface area contributed by atoms with Crippen LogP contribution in [0, 0.1) is 6.92 Å². The van der Waals surface area contributed by atoms with Gasteiger partial charge in [-0.3, -0.25) is 9.79 Å². The van der Waals surface area contributed by atoms with Crippen LogP contribution in [0.1, 0.15) is 21.5 Å². The zero-order chi connectivity index (χ0) is 18.3. The van der Waals surface area contributed by atoms with Crippen LogP contribution in [-0.4, -0.2) is 27.3 Å². The summed E-state index contributed by atoms with van der Waals surface area (Å²) in [6, 6.07) is 12.4. The molecule has 0 atom stereocenters. The van der Waals surface area contributed by atoms with Crippen LogP contribution in [0.25, 0.3) is 21.8 Å². The first-order valence-electron chi connectivity index (χ1n) is 8.05. The van der Waals surface area contributed by atoms with Crippen LogP contribution in [-0.2, 0) is 0 Å². The molecule has 0 aliphatic heterocycles. The van der Waals surface area contributed by atoms with Gasteiger partial charge in [-0.2, -0.15) is 0 Å². The molecule has 0 aliphatic carbocycles. The molecule has 0 saturated heterocycles. The topological polar surface area (TPSA) is 98.3 Å². The molecule has 3 N–H and O–H groups in total. The van der Waals surface area contributed by atoms with Crippen molar-refractivity contribution in [2.45, 2.75) is 6.92 Å². The minimum atomic E-state index is -0.973. The molecule has 2 aromatic carbocycles. The molecule has 0 radical (unpaired) electrons. The number of nitrogens with zero attached hydrogens (tertiary/aromatic N) is 1. The number of pyridine rings is 1. The van der Waals surface area contributed by atoms with Gasteiger partial charge < -0.3 is 15.1 Å². The summed E-state index contributed by atoms with van der Waals surface area (Å²) in [5.41, 5.74) is 3.39. The molecule has 128 valence electrons. The Morgan fingerprint density at radius 2 is 1.96 bits per heavy atom. The maximum Gasteiger partial charge on any atom is 0.335 e. The van der Waals surface area contributed by atoms with Gasteiger partial charge in [-0.1, -0.05) is 6.07 Å². The first-order valence-corrected chi connectivity index (χ1v) is 8.05. The number of nitrogens with one attached hydrogen (secondary N) is 2. The molecular weight excluding hydrogens is 330 g/mol. The SMILES string of the molecule is Cc1cc(N=Cc2c(=O)[nH]c3ccc4[nH]cccc4c23)ccc1C(=O)O. The lowest BCUT2D eigenvalue weighted by atomic mass is 10.1. The molecule has 2 aromatic heterocycles. The maximum absolute atomic E-state index is 12.4. The zero-order valence-corrected chi connectivity index (χ0v) is 13.9. The fourth-order valence-corrected chi connectivity index (χ4v) is 3.13. The number of aromatic amines is 2. The van der Waals surface area contributed by atoms with E-state index in [2.05, 4.69) is 15.0 Å². The summed E-state index contributed by atoms with van der Waals surface area (Å²) in [5.74, 6) is -0.973. The second kappa shape index (κ2) is 6.00. The van der Waals surface area contributed by atoms with Crippen LogP contribution in [0.4, 0.5) is 5.69 Å². The largest absolute Gasteiger partial charge is 0.478 e. The van der Waals surface area contributed by atoms with Gasteiger partial charge in [0.15, 0.2) is 0 Å². The summed E-state index contributed by atoms with van der Waals surface area (Å²) in [5, 5.41) is 10.8. The number of aromatic carboxylic acids is 1. The molecule has 6 nitrogen and oxygen atoms in total. The standard InChI is InChI=1S/C20H15N3O3/c1-11-9-12(4-5-13(11)20(25)26)22-10-15-18-14-3-2-8-21-16(14)6-7-17(18)23-19(15)24/h2-10,21H,1H3,(H,23,24)(H,25,26). The van der Waals surface area contributed by atoms with Gasteiger partial charge in [-0.25, -0.2) is 4.79 Å². The third kappa shape index (κ3) is 2.57. The van der Waals surface area contributed by atoms with Gasteiger partial charge in [0.05, 0.1) is 16.8 Å². The van der Waals surface area contributed by atoms with Gasteiger partial charge in [0.1, 0.15) is 0 Å². The fourth-order valence-electron chi connectivity index (χ4n) is 3.13. The van der Waals surface area contributed by atoms with Crippen molar-refractivity contribution in [3.8, 4) is 0 Å². The van der Waals surface area contributed by atoms with E-state index in [1.165, 1.54) is 12.3 Å². The number of aryl methyl sites for hydroxylation is 1. The fraction of sp³-hybridized carbons (Fsp3) is 0.0500. The van der Waals surface area contributed by atoms with E-state index in [9.17, 15) is 9.59 Å². The molecule has 0 spiro atoms. The zero-order valence-electron chi connectivity index (χ0n) is 13.9. The van der Waals surface area contributed by atoms with E-state index in [4.69, 9.17) is 5.11 Å². The number of hydrogen-bond donors (Lipinski definition) is 3. The normalized spacial score (nSPS) is 11.6. The average molecular weight is 345 g/mol. The molecule has 26 heavy (non-hydrogen) atoms. The van der Waals surface area contributed by atoms with E-state index in [-0.39, 0.29) is 11.1 Å². The number of aliphatic imine (C=N–C) groups is 1. The molecule has 0 saturated carbocycles. The summed E-state index contributed by atoms with van der Waals surface area (Å²) in [6.45, 7) is 1.72. The van der Waals surface area contributed by atoms with Crippen LogP contribution >= 0.6 is 0 Å². The molecule has 2 heterocycles. The maximum atomic E-state index is 12.4. The summed E-state index contributed by atoms with van der Waals surface area (Å²) in [6.07, 6.45) is 3.36. The Kier molecular flexibility index (Phi) is 3.65. The lowest BCUT2D eigenvalue weighted by Gasteiger charge is -2.02. The lowest BCUT2D eigenvalue weighted by Crippen LogP contribution is -2.04. The van der Waals surface area contributed by atoms with Gasteiger partial charge in [-0.15, -0.1) is 0 Å². The molecule has 6 heteroatoms. The summed E-state index contributed by atoms with van der Waals surface area (Å²) < 4.78 is 0. The third-order valence-electron chi connectivity index (χ3n) is 4.39. The smallest absolute Gasteiger partial charge is 0.335 e. The lowest BCUT2D eigenvalue weighted by molar-refractivity contribution is 0.0696. The highest BCUT2D eigenvalue weighted by Gasteiger charge is 2.11. The van der Waals surface area contributed by atoms with Gasteiger partial charge in [0, 0.05) is 34.2 Å². The summed E-state index contributed by atoms with van der Waals surface area (Å²) in [4.78, 5) is 33.9. The van der Waals surface area contributed by atoms with E-state index >= 15 is 0 Å². The monoisotopic (exact) mass is 345 g/mol. The van der Waals surface area contributed by atoms with E-state index < -0.39 is 5.97 Å². The molecule has 4 rings (SSSR count). The average Bonchev–Trinajstić information content (AvgIpc) is 2.95. The molecule has 0 aliphatic rings. The number of carbonyl (C=O) groups is 1. The highest BCUT2D eigenvalue weighted by molar-refractivity contribution is 6.13. The number of carboxylic acid groups (broad SMARTS) is 1. The number of H-pyrrole nitrogens is 2. The van der Waals surface area contributed by atoms with Crippen LogP contribution in [0.3, 0.4) is 0 Å². The highest BCUT2D eigenvalue weighted by atomic mass is 16.4. The number of fused-ring (bicyclic) bond motifs is 3. The highest BCUT2D eigenvalue weighted by Crippen LogP contribution is 2.25. The van der Waals surface area contributed by atoms with Crippen molar-refractivity contribution in [3.63, 3.8) is 0 Å². The van der Waals surface area contributed by atoms with Crippen molar-refractivity contribution < 1.29 is 9.90 Å². The van der Waals surface area contributed by atoms with Crippen LogP contribution in [0.5, 0.6) is 0 Å². The first kappa shape index (κ1) is 15.8. The van der Waals surface area contributed by atoms with E-state index in [0.29, 0.717) is 16.8 Å². The number of aromatic nitrogens is 2. The van der Waals surface area contributed by atoms with Crippen LogP contribution in [0.2, 0.25) is 0 Å². The summed E-state index contributed by atoms with van der Waals surface area (Å²) in [7, 11) is 0.